The molecule has 0 aliphatic rings. The van der Waals surface area contributed by atoms with Gasteiger partial charge in [0.15, 0.2) is 0 Å². The zero-order valence-electron chi connectivity index (χ0n) is 16.5. The fraction of sp³-hybridized carbons (Fsp3) is 0.130. The molecule has 0 aliphatic heterocycles. The molecule has 0 radical (unpaired) electrons. The number of carbonyl (C=O) groups excluding carboxylic acids is 1. The molecule has 7 nitrogen and oxygen atoms in total. The van der Waals surface area contributed by atoms with Crippen molar-refractivity contribution in [3.8, 4) is 11.3 Å². The van der Waals surface area contributed by atoms with Gasteiger partial charge in [-0.15, -0.1) is 0 Å². The number of hydrogen-bond donors (Lipinski definition) is 2. The van der Waals surface area contributed by atoms with Crippen LogP contribution in [-0.2, 0) is 13.5 Å². The summed E-state index contributed by atoms with van der Waals surface area (Å²) in [6.45, 7) is 0.787. The van der Waals surface area contributed by atoms with Gasteiger partial charge >= 0.3 is 0 Å². The standard InChI is InChI=1S/C23H21N5O2/c1-28-14-18(22(24)30)21(29)17-9-10-19(27-23(17)28)16-7-5-15(6-8-16)11-13-26-20-4-2-3-12-25-20/h2-10,12,14H,11,13H2,1H3,(H2,24,30)(H,25,26). The van der Waals surface area contributed by atoms with E-state index in [4.69, 9.17) is 5.73 Å². The summed E-state index contributed by atoms with van der Waals surface area (Å²) in [7, 11) is 1.74. The zero-order valence-corrected chi connectivity index (χ0v) is 16.5. The molecule has 3 heterocycles. The van der Waals surface area contributed by atoms with Crippen LogP contribution in [0, 0.1) is 0 Å². The largest absolute Gasteiger partial charge is 0.370 e. The molecule has 3 aromatic heterocycles. The molecule has 4 aromatic rings. The smallest absolute Gasteiger partial charge is 0.254 e. The number of fused-ring (bicyclic) bond motifs is 1. The fourth-order valence-corrected chi connectivity index (χ4v) is 3.33. The fourth-order valence-electron chi connectivity index (χ4n) is 3.33. The number of aromatic nitrogens is 3. The molecule has 30 heavy (non-hydrogen) atoms. The molecule has 0 aliphatic carbocycles. The van der Waals surface area contributed by atoms with Crippen molar-refractivity contribution in [2.75, 3.05) is 11.9 Å². The van der Waals surface area contributed by atoms with E-state index in [1.54, 1.807) is 29.9 Å². The van der Waals surface area contributed by atoms with Gasteiger partial charge in [0.25, 0.3) is 5.91 Å². The number of nitrogens with two attached hydrogens (primary N) is 1. The highest BCUT2D eigenvalue weighted by Crippen LogP contribution is 2.20. The van der Waals surface area contributed by atoms with Crippen molar-refractivity contribution in [1.82, 2.24) is 14.5 Å². The van der Waals surface area contributed by atoms with E-state index in [1.807, 2.05) is 30.3 Å². The number of hydrogen-bond acceptors (Lipinski definition) is 5. The third kappa shape index (κ3) is 3.91. The van der Waals surface area contributed by atoms with Crippen LogP contribution in [0.1, 0.15) is 15.9 Å². The lowest BCUT2D eigenvalue weighted by Gasteiger charge is -2.09. The lowest BCUT2D eigenvalue weighted by molar-refractivity contribution is 0.0999. The summed E-state index contributed by atoms with van der Waals surface area (Å²) in [5, 5.41) is 3.66. The van der Waals surface area contributed by atoms with Crippen molar-refractivity contribution >= 4 is 22.8 Å². The van der Waals surface area contributed by atoms with Crippen molar-refractivity contribution in [2.24, 2.45) is 12.8 Å². The highest BCUT2D eigenvalue weighted by atomic mass is 16.2. The summed E-state index contributed by atoms with van der Waals surface area (Å²) >= 11 is 0. The van der Waals surface area contributed by atoms with Gasteiger partial charge in [0, 0.05) is 31.5 Å². The van der Waals surface area contributed by atoms with E-state index in [9.17, 15) is 9.59 Å². The number of pyridine rings is 3. The normalized spacial score (nSPS) is 10.8. The third-order valence-electron chi connectivity index (χ3n) is 4.92. The first-order chi connectivity index (χ1) is 14.5. The SMILES string of the molecule is Cn1cc(C(N)=O)c(=O)c2ccc(-c3ccc(CCNc4ccccn4)cc3)nc21. The van der Waals surface area contributed by atoms with Crippen LogP contribution in [0.2, 0.25) is 0 Å². The number of rotatable bonds is 6. The Morgan fingerprint density at radius 2 is 1.90 bits per heavy atom. The molecule has 0 atom stereocenters. The average molecular weight is 399 g/mol. The van der Waals surface area contributed by atoms with E-state index < -0.39 is 11.3 Å². The first-order valence-corrected chi connectivity index (χ1v) is 9.57. The number of benzene rings is 1. The molecule has 0 saturated heterocycles. The molecule has 0 saturated carbocycles. The molecule has 0 spiro atoms. The molecule has 7 heteroatoms. The number of carbonyl (C=O) groups is 1. The van der Waals surface area contributed by atoms with Crippen LogP contribution in [0.15, 0.2) is 71.8 Å². The van der Waals surface area contributed by atoms with Crippen LogP contribution in [-0.4, -0.2) is 27.0 Å². The number of amides is 1. The molecule has 0 bridgehead atoms. The predicted molar refractivity (Wildman–Crippen MR) is 117 cm³/mol. The van der Waals surface area contributed by atoms with Crippen molar-refractivity contribution in [3.05, 3.63) is 88.3 Å². The molecule has 1 aromatic carbocycles. The molecule has 3 N–H and O–H groups in total. The van der Waals surface area contributed by atoms with Crippen molar-refractivity contribution in [2.45, 2.75) is 6.42 Å². The van der Waals surface area contributed by atoms with E-state index in [0.717, 1.165) is 30.0 Å². The Balaban J connectivity index is 1.54. The summed E-state index contributed by atoms with van der Waals surface area (Å²) in [6.07, 6.45) is 4.06. The molecule has 150 valence electrons. The topological polar surface area (TPSA) is 103 Å². The Hall–Kier alpha value is -4.00. The predicted octanol–water partition coefficient (Wildman–Crippen LogP) is 2.75. The second-order valence-corrected chi connectivity index (χ2v) is 7.00. The first-order valence-electron chi connectivity index (χ1n) is 9.57. The van der Waals surface area contributed by atoms with Gasteiger partial charge in [-0.05, 0) is 36.2 Å². The lowest BCUT2D eigenvalue weighted by atomic mass is 10.1. The summed E-state index contributed by atoms with van der Waals surface area (Å²) < 4.78 is 1.65. The third-order valence-corrected chi connectivity index (χ3v) is 4.92. The number of primary amides is 1. The van der Waals surface area contributed by atoms with Crippen molar-refractivity contribution in [3.63, 3.8) is 0 Å². The minimum Gasteiger partial charge on any atom is -0.370 e. The molecule has 4 rings (SSSR count). The Labute approximate surface area is 173 Å². The van der Waals surface area contributed by atoms with Gasteiger partial charge in [0.2, 0.25) is 5.43 Å². The molecule has 1 amide bonds. The number of aryl methyl sites for hydroxylation is 1. The molecule has 0 unspecified atom stereocenters. The summed E-state index contributed by atoms with van der Waals surface area (Å²) in [6, 6.07) is 17.4. The lowest BCUT2D eigenvalue weighted by Crippen LogP contribution is -2.24. The second kappa shape index (κ2) is 8.16. The van der Waals surface area contributed by atoms with Crippen LogP contribution in [0.25, 0.3) is 22.3 Å². The number of nitrogens with one attached hydrogen (secondary N) is 1. The van der Waals surface area contributed by atoms with E-state index in [2.05, 4.69) is 27.4 Å². The van der Waals surface area contributed by atoms with Crippen LogP contribution < -0.4 is 16.5 Å². The quantitative estimate of drug-likeness (QED) is 0.519. The van der Waals surface area contributed by atoms with Crippen molar-refractivity contribution in [1.29, 1.82) is 0 Å². The summed E-state index contributed by atoms with van der Waals surface area (Å²) in [4.78, 5) is 32.8. The van der Waals surface area contributed by atoms with E-state index in [1.165, 1.54) is 11.8 Å². The first kappa shape index (κ1) is 19.3. The van der Waals surface area contributed by atoms with E-state index in [0.29, 0.717) is 11.0 Å². The second-order valence-electron chi connectivity index (χ2n) is 7.00. The summed E-state index contributed by atoms with van der Waals surface area (Å²) in [5.41, 5.74) is 8.26. The molecular weight excluding hydrogens is 378 g/mol. The van der Waals surface area contributed by atoms with E-state index >= 15 is 0 Å². The zero-order chi connectivity index (χ0) is 21.1. The van der Waals surface area contributed by atoms with Gasteiger partial charge in [-0.3, -0.25) is 9.59 Å². The Bertz CT molecular complexity index is 1260. The Morgan fingerprint density at radius 3 is 2.60 bits per heavy atom. The van der Waals surface area contributed by atoms with Crippen LogP contribution in [0.3, 0.4) is 0 Å². The van der Waals surface area contributed by atoms with E-state index in [-0.39, 0.29) is 5.56 Å². The number of anilines is 1. The monoisotopic (exact) mass is 399 g/mol. The highest BCUT2D eigenvalue weighted by molar-refractivity contribution is 5.95. The van der Waals surface area contributed by atoms with Crippen LogP contribution >= 0.6 is 0 Å². The van der Waals surface area contributed by atoms with Crippen LogP contribution in [0.5, 0.6) is 0 Å². The summed E-state index contributed by atoms with van der Waals surface area (Å²) in [5.74, 6) is 0.120. The van der Waals surface area contributed by atoms with Gasteiger partial charge < -0.3 is 15.6 Å². The minimum atomic E-state index is -0.741. The van der Waals surface area contributed by atoms with Crippen LogP contribution in [0.4, 0.5) is 5.82 Å². The maximum Gasteiger partial charge on any atom is 0.254 e. The minimum absolute atomic E-state index is 0.0387. The van der Waals surface area contributed by atoms with Gasteiger partial charge in [0.1, 0.15) is 17.0 Å². The molecular formula is C23H21N5O2. The van der Waals surface area contributed by atoms with Gasteiger partial charge in [0.05, 0.1) is 11.1 Å². The van der Waals surface area contributed by atoms with Crippen molar-refractivity contribution < 1.29 is 4.79 Å². The number of nitrogens with zero attached hydrogens (tertiary/aromatic N) is 3. The van der Waals surface area contributed by atoms with Gasteiger partial charge in [-0.1, -0.05) is 30.3 Å². The maximum atomic E-state index is 12.5. The Morgan fingerprint density at radius 1 is 1.10 bits per heavy atom. The molecule has 0 fully saturated rings. The van der Waals surface area contributed by atoms with Gasteiger partial charge in [-0.2, -0.15) is 0 Å². The highest BCUT2D eigenvalue weighted by Gasteiger charge is 2.13. The maximum absolute atomic E-state index is 12.5. The van der Waals surface area contributed by atoms with Gasteiger partial charge in [-0.25, -0.2) is 9.97 Å². The average Bonchev–Trinajstić information content (AvgIpc) is 2.77. The Kier molecular flexibility index (Phi) is 5.26.